The van der Waals surface area contributed by atoms with Crippen molar-refractivity contribution in [3.63, 3.8) is 0 Å². The first kappa shape index (κ1) is 18.9. The van der Waals surface area contributed by atoms with E-state index in [1.54, 1.807) is 0 Å². The van der Waals surface area contributed by atoms with Crippen molar-refractivity contribution in [2.75, 3.05) is 0 Å². The number of para-hydroxylation sites is 2. The lowest BCUT2D eigenvalue weighted by Gasteiger charge is -2.10. The lowest BCUT2D eigenvalue weighted by molar-refractivity contribution is 0.953. The highest BCUT2D eigenvalue weighted by atomic mass is 79.9. The minimum atomic E-state index is 0.606. The number of hydrogen-bond acceptors (Lipinski definition) is 3. The van der Waals surface area contributed by atoms with E-state index in [1.165, 1.54) is 10.8 Å². The average Bonchev–Trinajstić information content (AvgIpc) is 3.19. The first-order valence-corrected chi connectivity index (χ1v) is 11.1. The van der Waals surface area contributed by atoms with Gasteiger partial charge in [0, 0.05) is 26.4 Å². The maximum atomic E-state index is 4.93. The van der Waals surface area contributed by atoms with Crippen molar-refractivity contribution in [1.82, 2.24) is 19.5 Å². The van der Waals surface area contributed by atoms with E-state index in [2.05, 4.69) is 56.9 Å². The average molecular weight is 477 g/mol. The largest absolute Gasteiger partial charge is 0.278 e. The molecule has 2 aromatic heterocycles. The van der Waals surface area contributed by atoms with Crippen LogP contribution in [0.2, 0.25) is 0 Å². The van der Waals surface area contributed by atoms with Gasteiger partial charge in [-0.1, -0.05) is 94.8 Å². The first-order chi connectivity index (χ1) is 15.8. The van der Waals surface area contributed by atoms with Crippen molar-refractivity contribution in [2.45, 2.75) is 0 Å². The zero-order valence-corrected chi connectivity index (χ0v) is 18.6. The monoisotopic (exact) mass is 476 g/mol. The van der Waals surface area contributed by atoms with Crippen LogP contribution < -0.4 is 0 Å². The van der Waals surface area contributed by atoms with Crippen molar-refractivity contribution >= 4 is 37.7 Å². The van der Waals surface area contributed by atoms with Gasteiger partial charge in [-0.2, -0.15) is 9.97 Å². The zero-order valence-electron chi connectivity index (χ0n) is 17.0. The molecule has 0 aliphatic rings. The quantitative estimate of drug-likeness (QED) is 0.274. The van der Waals surface area contributed by atoms with Crippen LogP contribution >= 0.6 is 15.9 Å². The van der Waals surface area contributed by atoms with Crippen molar-refractivity contribution in [3.05, 3.63) is 108 Å². The van der Waals surface area contributed by atoms with E-state index >= 15 is 0 Å². The lowest BCUT2D eigenvalue weighted by Crippen LogP contribution is -2.06. The van der Waals surface area contributed by atoms with Gasteiger partial charge in [-0.05, 0) is 24.3 Å². The van der Waals surface area contributed by atoms with Crippen LogP contribution in [0, 0.1) is 0 Å². The Kier molecular flexibility index (Phi) is 4.55. The minimum absolute atomic E-state index is 0.606. The Bertz CT molecular complexity index is 1520. The predicted octanol–water partition coefficient (Wildman–Crippen LogP) is 7.07. The van der Waals surface area contributed by atoms with Crippen LogP contribution in [-0.4, -0.2) is 19.5 Å². The van der Waals surface area contributed by atoms with Gasteiger partial charge in [0.25, 0.3) is 0 Å². The summed E-state index contributed by atoms with van der Waals surface area (Å²) in [5.41, 5.74) is 4.03. The smallest absolute Gasteiger partial charge is 0.238 e. The van der Waals surface area contributed by atoms with Gasteiger partial charge in [0.2, 0.25) is 5.95 Å². The summed E-state index contributed by atoms with van der Waals surface area (Å²) in [7, 11) is 0. The van der Waals surface area contributed by atoms with Crippen molar-refractivity contribution in [1.29, 1.82) is 0 Å². The topological polar surface area (TPSA) is 43.6 Å². The fraction of sp³-hybridized carbons (Fsp3) is 0. The SMILES string of the molecule is Brc1ccc(-c2nc(-c3ccccc3)nc(-n3c4ccccc4c4ccccc43)n2)cc1. The second-order valence-corrected chi connectivity index (χ2v) is 8.44. The van der Waals surface area contributed by atoms with Crippen LogP contribution in [-0.2, 0) is 0 Å². The van der Waals surface area contributed by atoms with Gasteiger partial charge in [-0.3, -0.25) is 4.57 Å². The number of rotatable bonds is 3. The number of nitrogens with zero attached hydrogens (tertiary/aromatic N) is 4. The van der Waals surface area contributed by atoms with Gasteiger partial charge in [0.15, 0.2) is 11.6 Å². The Morgan fingerprint density at radius 3 is 1.59 bits per heavy atom. The van der Waals surface area contributed by atoms with Crippen molar-refractivity contribution in [3.8, 4) is 28.7 Å². The molecule has 6 rings (SSSR count). The lowest BCUT2D eigenvalue weighted by atomic mass is 10.2. The van der Waals surface area contributed by atoms with Gasteiger partial charge in [0.05, 0.1) is 11.0 Å². The number of halogens is 1. The highest BCUT2D eigenvalue weighted by Gasteiger charge is 2.17. The minimum Gasteiger partial charge on any atom is -0.278 e. The van der Waals surface area contributed by atoms with E-state index in [9.17, 15) is 0 Å². The number of aromatic nitrogens is 4. The van der Waals surface area contributed by atoms with E-state index in [0.29, 0.717) is 17.6 Å². The van der Waals surface area contributed by atoms with Gasteiger partial charge < -0.3 is 0 Å². The van der Waals surface area contributed by atoms with E-state index in [-0.39, 0.29) is 0 Å². The second kappa shape index (κ2) is 7.70. The fourth-order valence-corrected chi connectivity index (χ4v) is 4.31. The molecule has 0 unspecified atom stereocenters. The molecular weight excluding hydrogens is 460 g/mol. The maximum Gasteiger partial charge on any atom is 0.238 e. The zero-order chi connectivity index (χ0) is 21.5. The summed E-state index contributed by atoms with van der Waals surface area (Å²) in [4.78, 5) is 14.7. The molecule has 0 saturated heterocycles. The molecule has 0 amide bonds. The Balaban J connectivity index is 1.68. The van der Waals surface area contributed by atoms with Crippen LogP contribution in [0.1, 0.15) is 0 Å². The predicted molar refractivity (Wildman–Crippen MR) is 133 cm³/mol. The van der Waals surface area contributed by atoms with E-state index in [0.717, 1.165) is 26.6 Å². The molecule has 0 bridgehead atoms. The summed E-state index contributed by atoms with van der Waals surface area (Å²) >= 11 is 3.51. The molecule has 0 radical (unpaired) electrons. The molecule has 0 atom stereocenters. The van der Waals surface area contributed by atoms with Gasteiger partial charge in [-0.25, -0.2) is 4.98 Å². The van der Waals surface area contributed by atoms with Crippen molar-refractivity contribution in [2.24, 2.45) is 0 Å². The van der Waals surface area contributed by atoms with Crippen molar-refractivity contribution < 1.29 is 0 Å². The fourth-order valence-electron chi connectivity index (χ4n) is 4.05. The number of hydrogen-bond donors (Lipinski definition) is 0. The molecule has 0 fully saturated rings. The summed E-state index contributed by atoms with van der Waals surface area (Å²) in [5, 5.41) is 2.35. The third kappa shape index (κ3) is 3.18. The molecule has 152 valence electrons. The summed E-state index contributed by atoms with van der Waals surface area (Å²) in [6.07, 6.45) is 0. The molecule has 2 heterocycles. The summed E-state index contributed by atoms with van der Waals surface area (Å²) < 4.78 is 3.14. The molecule has 0 saturated carbocycles. The molecule has 0 spiro atoms. The highest BCUT2D eigenvalue weighted by Crippen LogP contribution is 2.32. The Hall–Kier alpha value is -3.83. The van der Waals surface area contributed by atoms with E-state index in [4.69, 9.17) is 15.0 Å². The van der Waals surface area contributed by atoms with Crippen LogP contribution in [0.25, 0.3) is 50.5 Å². The molecule has 0 aliphatic carbocycles. The summed E-state index contributed by atoms with van der Waals surface area (Å²) in [6, 6.07) is 34.8. The van der Waals surface area contributed by atoms with Gasteiger partial charge in [-0.15, -0.1) is 0 Å². The molecule has 4 nitrogen and oxygen atoms in total. The van der Waals surface area contributed by atoms with Crippen LogP contribution in [0.15, 0.2) is 108 Å². The number of benzene rings is 4. The Labute approximate surface area is 193 Å². The molecule has 4 aromatic carbocycles. The van der Waals surface area contributed by atoms with E-state index < -0.39 is 0 Å². The molecule has 0 aliphatic heterocycles. The molecule has 32 heavy (non-hydrogen) atoms. The van der Waals surface area contributed by atoms with Gasteiger partial charge >= 0.3 is 0 Å². The third-order valence-electron chi connectivity index (χ3n) is 5.54. The third-order valence-corrected chi connectivity index (χ3v) is 6.07. The normalized spacial score (nSPS) is 11.3. The van der Waals surface area contributed by atoms with Crippen LogP contribution in [0.4, 0.5) is 0 Å². The summed E-state index contributed by atoms with van der Waals surface area (Å²) in [5.74, 6) is 1.90. The van der Waals surface area contributed by atoms with Crippen LogP contribution in [0.5, 0.6) is 0 Å². The standard InChI is InChI=1S/C27H17BrN4/c28-20-16-14-19(15-17-20)26-29-25(18-8-2-1-3-9-18)30-27(31-26)32-23-12-6-4-10-21(23)22-11-5-7-13-24(22)32/h1-17H. The van der Waals surface area contributed by atoms with Gasteiger partial charge in [0.1, 0.15) is 0 Å². The highest BCUT2D eigenvalue weighted by molar-refractivity contribution is 9.10. The molecule has 0 N–H and O–H groups in total. The van der Waals surface area contributed by atoms with E-state index in [1.807, 2.05) is 66.7 Å². The first-order valence-electron chi connectivity index (χ1n) is 10.3. The molecular formula is C27H17BrN4. The second-order valence-electron chi connectivity index (χ2n) is 7.53. The Morgan fingerprint density at radius 1 is 0.500 bits per heavy atom. The summed E-state index contributed by atoms with van der Waals surface area (Å²) in [6.45, 7) is 0. The van der Waals surface area contributed by atoms with Crippen LogP contribution in [0.3, 0.4) is 0 Å². The molecule has 6 aromatic rings. The maximum absolute atomic E-state index is 4.93. The molecule has 5 heteroatoms. The Morgan fingerprint density at radius 2 is 1.00 bits per heavy atom. The number of fused-ring (bicyclic) bond motifs is 3.